The Bertz CT molecular complexity index is 209. The van der Waals surface area contributed by atoms with E-state index < -0.39 is 18.5 Å². The number of hydrogen-bond acceptors (Lipinski definition) is 3. The normalized spacial score (nSPS) is 28.9. The summed E-state index contributed by atoms with van der Waals surface area (Å²) in [4.78, 5) is 12.9. The molecule has 2 atom stereocenters. The van der Waals surface area contributed by atoms with Crippen molar-refractivity contribution in [3.05, 3.63) is 0 Å². The van der Waals surface area contributed by atoms with Crippen LogP contribution in [0, 0.1) is 0 Å². The van der Waals surface area contributed by atoms with Crippen molar-refractivity contribution in [3.8, 4) is 0 Å². The third kappa shape index (κ3) is 2.32. The Hall–Kier alpha value is -0.870. The molecule has 3 nitrogen and oxygen atoms in total. The Labute approximate surface area is 66.2 Å². The van der Waals surface area contributed by atoms with Gasteiger partial charge in [-0.05, 0) is 12.8 Å². The molecule has 1 aliphatic rings. The number of isocyanates is 1. The van der Waals surface area contributed by atoms with Gasteiger partial charge in [-0.3, -0.25) is 4.74 Å². The van der Waals surface area contributed by atoms with Crippen LogP contribution in [-0.2, 0) is 9.53 Å². The van der Waals surface area contributed by atoms with Crippen molar-refractivity contribution in [1.82, 2.24) is 0 Å². The second-order valence-corrected chi connectivity index (χ2v) is 2.47. The maximum atomic E-state index is 11.6. The molecule has 1 saturated carbocycles. The van der Waals surface area contributed by atoms with E-state index in [-0.39, 0.29) is 6.42 Å². The van der Waals surface area contributed by atoms with Gasteiger partial charge < -0.3 is 0 Å². The van der Waals surface area contributed by atoms with Crippen molar-refractivity contribution >= 4 is 6.08 Å². The van der Waals surface area contributed by atoms with Crippen molar-refractivity contribution in [2.75, 3.05) is 0 Å². The summed E-state index contributed by atoms with van der Waals surface area (Å²) >= 11 is 0. The summed E-state index contributed by atoms with van der Waals surface area (Å²) in [7, 11) is 0. The van der Waals surface area contributed by atoms with E-state index in [1.807, 2.05) is 0 Å². The van der Waals surface area contributed by atoms with E-state index >= 15 is 0 Å². The molecule has 1 fully saturated rings. The summed E-state index contributed by atoms with van der Waals surface area (Å²) in [6, 6.07) is -0.663. The number of rotatable bonds is 2. The highest BCUT2D eigenvalue weighted by molar-refractivity contribution is 5.34. The third-order valence-electron chi connectivity index (χ3n) is 1.68. The molecular weight excluding hydrogens is 175 g/mol. The highest BCUT2D eigenvalue weighted by atomic mass is 19.4. The Morgan fingerprint density at radius 1 is 1.42 bits per heavy atom. The molecule has 0 saturated heterocycles. The highest BCUT2D eigenvalue weighted by Crippen LogP contribution is 2.31. The molecule has 1 aliphatic carbocycles. The monoisotopic (exact) mass is 181 g/mol. The molecule has 0 heterocycles. The van der Waals surface area contributed by atoms with Crippen LogP contribution < -0.4 is 0 Å². The molecule has 6 heteroatoms. The molecule has 0 N–H and O–H groups in total. The van der Waals surface area contributed by atoms with E-state index in [1.165, 1.54) is 6.08 Å². The van der Waals surface area contributed by atoms with Gasteiger partial charge in [-0.15, -0.1) is 13.2 Å². The molecular formula is C6H6F3NO2. The van der Waals surface area contributed by atoms with Crippen LogP contribution in [0.5, 0.6) is 0 Å². The molecule has 12 heavy (non-hydrogen) atoms. The minimum Gasteiger partial charge on any atom is -0.286 e. The zero-order chi connectivity index (χ0) is 9.19. The van der Waals surface area contributed by atoms with Gasteiger partial charge >= 0.3 is 6.36 Å². The fourth-order valence-corrected chi connectivity index (χ4v) is 0.976. The maximum absolute atomic E-state index is 11.6. The summed E-state index contributed by atoms with van der Waals surface area (Å²) < 4.78 is 38.4. The predicted octanol–water partition coefficient (Wildman–Crippen LogP) is 1.39. The van der Waals surface area contributed by atoms with E-state index in [1.54, 1.807) is 0 Å². The first kappa shape index (κ1) is 9.22. The van der Waals surface area contributed by atoms with Crippen LogP contribution in [0.15, 0.2) is 4.99 Å². The van der Waals surface area contributed by atoms with Crippen molar-refractivity contribution < 1.29 is 22.7 Å². The molecule has 0 radical (unpaired) electrons. The lowest BCUT2D eigenvalue weighted by atomic mass is 9.90. The number of alkyl halides is 3. The second kappa shape index (κ2) is 3.25. The molecule has 68 valence electrons. The molecule has 0 aromatic rings. The number of hydrogen-bond donors (Lipinski definition) is 0. The zero-order valence-corrected chi connectivity index (χ0v) is 5.97. The predicted molar refractivity (Wildman–Crippen MR) is 32.1 cm³/mol. The fraction of sp³-hybridized carbons (Fsp3) is 0.833. The summed E-state index contributed by atoms with van der Waals surface area (Å²) in [6.45, 7) is 0. The van der Waals surface area contributed by atoms with E-state index in [4.69, 9.17) is 0 Å². The largest absolute Gasteiger partial charge is 0.522 e. The number of carbonyl (C=O) groups excluding carboxylic acids is 1. The van der Waals surface area contributed by atoms with Crippen LogP contribution in [0.3, 0.4) is 0 Å². The van der Waals surface area contributed by atoms with E-state index in [0.29, 0.717) is 6.42 Å². The van der Waals surface area contributed by atoms with Crippen molar-refractivity contribution in [1.29, 1.82) is 0 Å². The first-order chi connectivity index (χ1) is 5.53. The van der Waals surface area contributed by atoms with Crippen LogP contribution in [-0.4, -0.2) is 24.6 Å². The van der Waals surface area contributed by atoms with E-state index in [2.05, 4.69) is 9.73 Å². The lowest BCUT2D eigenvalue weighted by Crippen LogP contribution is -2.41. The van der Waals surface area contributed by atoms with Gasteiger partial charge in [0.15, 0.2) is 0 Å². The van der Waals surface area contributed by atoms with Gasteiger partial charge in [-0.25, -0.2) is 4.79 Å². The third-order valence-corrected chi connectivity index (χ3v) is 1.68. The van der Waals surface area contributed by atoms with Crippen LogP contribution in [0.4, 0.5) is 13.2 Å². The molecule has 0 aliphatic heterocycles. The summed E-state index contributed by atoms with van der Waals surface area (Å²) in [5.74, 6) is 0. The minimum absolute atomic E-state index is 0.287. The standard InChI is InChI=1S/C6H6F3NO2/c7-6(8,9)12-5-2-1-4(5)10-3-11/h4-5H,1-2H2/t4?,5-/m0/s1. The smallest absolute Gasteiger partial charge is 0.286 e. The average molecular weight is 181 g/mol. The van der Waals surface area contributed by atoms with Crippen LogP contribution >= 0.6 is 0 Å². The molecule has 1 rings (SSSR count). The zero-order valence-electron chi connectivity index (χ0n) is 5.97. The Morgan fingerprint density at radius 2 is 2.08 bits per heavy atom. The SMILES string of the molecule is O=C=NC1CC[C@@H]1OC(F)(F)F. The first-order valence-corrected chi connectivity index (χ1v) is 3.34. The van der Waals surface area contributed by atoms with Crippen LogP contribution in [0.2, 0.25) is 0 Å². The number of halogens is 3. The number of ether oxygens (including phenoxy) is 1. The molecule has 0 amide bonds. The molecule has 1 unspecified atom stereocenters. The lowest BCUT2D eigenvalue weighted by molar-refractivity contribution is -0.352. The Kier molecular flexibility index (Phi) is 2.49. The Balaban J connectivity index is 2.40. The van der Waals surface area contributed by atoms with Crippen molar-refractivity contribution in [3.63, 3.8) is 0 Å². The van der Waals surface area contributed by atoms with Crippen molar-refractivity contribution in [2.24, 2.45) is 4.99 Å². The highest BCUT2D eigenvalue weighted by Gasteiger charge is 2.41. The maximum Gasteiger partial charge on any atom is 0.522 e. The van der Waals surface area contributed by atoms with E-state index in [0.717, 1.165) is 0 Å². The van der Waals surface area contributed by atoms with Gasteiger partial charge in [0.2, 0.25) is 6.08 Å². The Morgan fingerprint density at radius 3 is 2.42 bits per heavy atom. The second-order valence-electron chi connectivity index (χ2n) is 2.47. The van der Waals surface area contributed by atoms with Gasteiger partial charge in [0.25, 0.3) is 0 Å². The summed E-state index contributed by atoms with van der Waals surface area (Å²) in [6.07, 6.45) is -3.68. The molecule has 0 aromatic carbocycles. The van der Waals surface area contributed by atoms with E-state index in [9.17, 15) is 18.0 Å². The molecule has 0 bridgehead atoms. The lowest BCUT2D eigenvalue weighted by Gasteiger charge is -2.32. The topological polar surface area (TPSA) is 38.7 Å². The van der Waals surface area contributed by atoms with Gasteiger partial charge in [0.05, 0.1) is 12.1 Å². The van der Waals surface area contributed by atoms with Gasteiger partial charge in [0, 0.05) is 0 Å². The molecule has 0 spiro atoms. The van der Waals surface area contributed by atoms with Crippen LogP contribution in [0.1, 0.15) is 12.8 Å². The fourth-order valence-electron chi connectivity index (χ4n) is 0.976. The summed E-state index contributed by atoms with van der Waals surface area (Å²) in [5, 5.41) is 0. The molecule has 0 aromatic heterocycles. The minimum atomic E-state index is -4.64. The van der Waals surface area contributed by atoms with Crippen LogP contribution in [0.25, 0.3) is 0 Å². The quantitative estimate of drug-likeness (QED) is 0.477. The van der Waals surface area contributed by atoms with Crippen molar-refractivity contribution in [2.45, 2.75) is 31.3 Å². The number of aliphatic imine (C=N–C) groups is 1. The first-order valence-electron chi connectivity index (χ1n) is 3.34. The van der Waals surface area contributed by atoms with Gasteiger partial charge in [-0.1, -0.05) is 0 Å². The average Bonchev–Trinajstić information content (AvgIpc) is 1.92. The number of nitrogens with zero attached hydrogens (tertiary/aromatic N) is 1. The van der Waals surface area contributed by atoms with Gasteiger partial charge in [-0.2, -0.15) is 4.99 Å². The summed E-state index contributed by atoms with van der Waals surface area (Å²) in [5.41, 5.74) is 0. The van der Waals surface area contributed by atoms with Gasteiger partial charge in [0.1, 0.15) is 0 Å².